The minimum Gasteiger partial charge on any atom is -0.480 e. The number of aliphatic carboxylic acids is 2. The van der Waals surface area contributed by atoms with E-state index in [1.54, 1.807) is 30.3 Å². The van der Waals surface area contributed by atoms with Crippen LogP contribution in [0.25, 0.3) is 0 Å². The number of hydrogen-bond donors (Lipinski definition) is 5. The molecule has 1 aromatic heterocycles. The molecule has 2 aliphatic heterocycles. The van der Waals surface area contributed by atoms with E-state index in [2.05, 4.69) is 26.2 Å². The van der Waals surface area contributed by atoms with Gasteiger partial charge in [0, 0.05) is 18.1 Å². The lowest BCUT2D eigenvalue weighted by atomic mass is 10.0. The van der Waals surface area contributed by atoms with E-state index in [-0.39, 0.29) is 18.0 Å². The molecule has 196 valence electrons. The summed E-state index contributed by atoms with van der Waals surface area (Å²) < 4.78 is 1.48. The molecule has 0 aliphatic carbocycles. The highest BCUT2D eigenvalue weighted by atomic mass is 32.2. The molecule has 14 nitrogen and oxygen atoms in total. The molecule has 4 rings (SSSR count). The Labute approximate surface area is 219 Å². The van der Waals surface area contributed by atoms with Gasteiger partial charge in [-0.2, -0.15) is 0 Å². The Bertz CT molecular complexity index is 1220. The van der Waals surface area contributed by atoms with Crippen molar-refractivity contribution < 1.29 is 29.4 Å². The van der Waals surface area contributed by atoms with Crippen LogP contribution in [-0.4, -0.2) is 95.1 Å². The fourth-order valence-corrected chi connectivity index (χ4v) is 6.21. The maximum Gasteiger partial charge on any atom is 0.352 e. The standard InChI is InChI=1S/C21H24N8O6S2/c22-14(11-4-2-1-3-5-11)17(32)24-15-18(33)29-16(20(34)35)12(9-36-19(15)29)10-37-21-25-26-27-28(21)7-6-23-8-13(30)31/h1-5,14-15,19,23H,6-10,22H2,(H,24,32)(H,30,31)(H,34,35)/t14?,15?,19-/m1/s1. The fourth-order valence-electron chi connectivity index (χ4n) is 3.82. The number of β-lactam (4-membered cyclic amide) rings is 1. The molecule has 2 aromatic rings. The maximum absolute atomic E-state index is 12.9. The van der Waals surface area contributed by atoms with Gasteiger partial charge in [0.05, 0.1) is 13.1 Å². The van der Waals surface area contributed by atoms with E-state index in [4.69, 9.17) is 10.8 Å². The van der Waals surface area contributed by atoms with E-state index in [1.807, 2.05) is 0 Å². The van der Waals surface area contributed by atoms with Crippen molar-refractivity contribution in [2.75, 3.05) is 24.6 Å². The van der Waals surface area contributed by atoms with Crippen LogP contribution in [0.4, 0.5) is 0 Å². The molecule has 2 aliphatic rings. The molecular formula is C21H24N8O6S2. The Morgan fingerprint density at radius 3 is 2.70 bits per heavy atom. The number of aromatic nitrogens is 4. The Kier molecular flexibility index (Phi) is 8.42. The Hall–Kier alpha value is -3.47. The van der Waals surface area contributed by atoms with Gasteiger partial charge >= 0.3 is 11.9 Å². The predicted octanol–water partition coefficient (Wildman–Crippen LogP) is -1.12. The topological polar surface area (TPSA) is 206 Å². The Morgan fingerprint density at radius 2 is 2.00 bits per heavy atom. The van der Waals surface area contributed by atoms with Gasteiger partial charge in [0.15, 0.2) is 0 Å². The van der Waals surface area contributed by atoms with E-state index in [1.165, 1.54) is 33.1 Å². The van der Waals surface area contributed by atoms with Crippen molar-refractivity contribution in [2.45, 2.75) is 29.2 Å². The van der Waals surface area contributed by atoms with Crippen LogP contribution >= 0.6 is 23.5 Å². The van der Waals surface area contributed by atoms with E-state index in [0.29, 0.717) is 35.1 Å². The second kappa shape index (κ2) is 11.7. The molecule has 2 amide bonds. The number of nitrogens with zero attached hydrogens (tertiary/aromatic N) is 5. The number of thioether (sulfide) groups is 2. The molecule has 0 saturated carbocycles. The number of nitrogens with one attached hydrogen (secondary N) is 2. The molecule has 3 atom stereocenters. The summed E-state index contributed by atoms with van der Waals surface area (Å²) in [6.07, 6.45) is 0. The van der Waals surface area contributed by atoms with Crippen molar-refractivity contribution >= 4 is 47.3 Å². The smallest absolute Gasteiger partial charge is 0.352 e. The van der Waals surface area contributed by atoms with Crippen molar-refractivity contribution in [1.82, 2.24) is 35.7 Å². The zero-order valence-corrected chi connectivity index (χ0v) is 20.9. The first-order chi connectivity index (χ1) is 17.8. The van der Waals surface area contributed by atoms with Crippen LogP contribution in [0, 0.1) is 0 Å². The van der Waals surface area contributed by atoms with Crippen LogP contribution < -0.4 is 16.4 Å². The summed E-state index contributed by atoms with van der Waals surface area (Å²) in [6, 6.07) is 6.92. The molecule has 0 radical (unpaired) electrons. The van der Waals surface area contributed by atoms with Gasteiger partial charge in [-0.3, -0.25) is 19.3 Å². The third kappa shape index (κ3) is 5.93. The number of benzene rings is 1. The Morgan fingerprint density at radius 1 is 1.24 bits per heavy atom. The first-order valence-electron chi connectivity index (χ1n) is 11.1. The number of hydrogen-bond acceptors (Lipinski definition) is 11. The number of carbonyl (C=O) groups is 4. The second-order valence-electron chi connectivity index (χ2n) is 8.09. The number of carboxylic acids is 2. The van der Waals surface area contributed by atoms with Crippen LogP contribution in [-0.2, 0) is 25.7 Å². The molecule has 2 unspecified atom stereocenters. The highest BCUT2D eigenvalue weighted by Crippen LogP contribution is 2.41. The van der Waals surface area contributed by atoms with Gasteiger partial charge in [-0.05, 0) is 21.6 Å². The third-order valence-corrected chi connectivity index (χ3v) is 8.02. The molecule has 3 heterocycles. The first-order valence-corrected chi connectivity index (χ1v) is 13.1. The summed E-state index contributed by atoms with van der Waals surface area (Å²) in [5.41, 5.74) is 7.04. The van der Waals surface area contributed by atoms with Crippen LogP contribution in [0.15, 0.2) is 46.8 Å². The van der Waals surface area contributed by atoms with Gasteiger partial charge in [0.1, 0.15) is 23.2 Å². The third-order valence-electron chi connectivity index (χ3n) is 5.64. The number of nitrogens with two attached hydrogens (primary N) is 1. The second-order valence-corrected chi connectivity index (χ2v) is 10.1. The highest BCUT2D eigenvalue weighted by Gasteiger charge is 2.54. The fraction of sp³-hybridized carbons (Fsp3) is 0.381. The summed E-state index contributed by atoms with van der Waals surface area (Å²) in [5, 5.41) is 35.3. The van der Waals surface area contributed by atoms with Crippen LogP contribution in [0.2, 0.25) is 0 Å². The van der Waals surface area contributed by atoms with Gasteiger partial charge in [-0.25, -0.2) is 9.48 Å². The van der Waals surface area contributed by atoms with Crippen molar-refractivity contribution in [3.8, 4) is 0 Å². The zero-order valence-electron chi connectivity index (χ0n) is 19.3. The predicted molar refractivity (Wildman–Crippen MR) is 132 cm³/mol. The van der Waals surface area contributed by atoms with Gasteiger partial charge in [-0.1, -0.05) is 42.1 Å². The summed E-state index contributed by atoms with van der Waals surface area (Å²) in [7, 11) is 0. The molecular weight excluding hydrogens is 524 g/mol. The van der Waals surface area contributed by atoms with Crippen molar-refractivity contribution in [3.63, 3.8) is 0 Å². The van der Waals surface area contributed by atoms with E-state index < -0.39 is 41.2 Å². The summed E-state index contributed by atoms with van der Waals surface area (Å²) >= 11 is 2.57. The quantitative estimate of drug-likeness (QED) is 0.121. The number of rotatable bonds is 12. The van der Waals surface area contributed by atoms with Crippen molar-refractivity contribution in [2.24, 2.45) is 5.73 Å². The summed E-state index contributed by atoms with van der Waals surface area (Å²) in [6.45, 7) is 0.456. The number of fused-ring (bicyclic) bond motifs is 1. The van der Waals surface area contributed by atoms with E-state index in [0.717, 1.165) is 0 Å². The lowest BCUT2D eigenvalue weighted by Gasteiger charge is -2.49. The monoisotopic (exact) mass is 548 g/mol. The normalized spacial score (nSPS) is 19.7. The molecule has 1 saturated heterocycles. The van der Waals surface area contributed by atoms with Crippen LogP contribution in [0.5, 0.6) is 0 Å². The largest absolute Gasteiger partial charge is 0.480 e. The molecule has 37 heavy (non-hydrogen) atoms. The highest BCUT2D eigenvalue weighted by molar-refractivity contribution is 8.01. The minimum absolute atomic E-state index is 0.110. The van der Waals surface area contributed by atoms with E-state index >= 15 is 0 Å². The molecule has 16 heteroatoms. The summed E-state index contributed by atoms with van der Waals surface area (Å²) in [5.74, 6) is -2.69. The van der Waals surface area contributed by atoms with Gasteiger partial charge < -0.3 is 26.6 Å². The zero-order chi connectivity index (χ0) is 26.5. The molecule has 1 fully saturated rings. The lowest BCUT2D eigenvalue weighted by Crippen LogP contribution is -2.71. The average molecular weight is 549 g/mol. The first kappa shape index (κ1) is 26.6. The van der Waals surface area contributed by atoms with Gasteiger partial charge in [0.25, 0.3) is 5.91 Å². The number of amides is 2. The van der Waals surface area contributed by atoms with Gasteiger partial charge in [0.2, 0.25) is 11.1 Å². The number of carboxylic acid groups (broad SMARTS) is 2. The summed E-state index contributed by atoms with van der Waals surface area (Å²) in [4.78, 5) is 49.4. The molecule has 1 aromatic carbocycles. The van der Waals surface area contributed by atoms with Crippen molar-refractivity contribution in [3.05, 3.63) is 47.2 Å². The van der Waals surface area contributed by atoms with E-state index in [9.17, 15) is 24.3 Å². The Balaban J connectivity index is 1.39. The molecule has 0 bridgehead atoms. The lowest BCUT2D eigenvalue weighted by molar-refractivity contribution is -0.150. The number of tetrazole rings is 1. The van der Waals surface area contributed by atoms with Crippen molar-refractivity contribution in [1.29, 1.82) is 0 Å². The molecule has 6 N–H and O–H groups in total. The average Bonchev–Trinajstić information content (AvgIpc) is 3.34. The van der Waals surface area contributed by atoms with Gasteiger partial charge in [-0.15, -0.1) is 16.9 Å². The van der Waals surface area contributed by atoms with Crippen LogP contribution in [0.3, 0.4) is 0 Å². The van der Waals surface area contributed by atoms with Crippen LogP contribution in [0.1, 0.15) is 11.6 Å². The maximum atomic E-state index is 12.9. The molecule has 0 spiro atoms. The number of carbonyl (C=O) groups excluding carboxylic acids is 2. The SMILES string of the molecule is NC(C(=O)NC1C(=O)N2C(C(=O)O)=C(CSc3nnnn3CCNCC(=O)O)CS[C@H]12)c1ccccc1. The minimum atomic E-state index is -1.24.